The molecule has 2 heterocycles. The van der Waals surface area contributed by atoms with Gasteiger partial charge in [-0.05, 0) is 25.2 Å². The van der Waals surface area contributed by atoms with Gasteiger partial charge in [0.25, 0.3) is 0 Å². The van der Waals surface area contributed by atoms with Crippen LogP contribution >= 0.6 is 0 Å². The standard InChI is InChI=1S/C12H19NO/c1-9(2)8-12(14)13-10-4-3-5-11(13)7-6-10/h3-4,9-11H,5-8H2,1-2H3. The molecule has 2 aliphatic heterocycles. The maximum Gasteiger partial charge on any atom is 0.223 e. The maximum atomic E-state index is 12.0. The van der Waals surface area contributed by atoms with Crippen LogP contribution in [0.4, 0.5) is 0 Å². The van der Waals surface area contributed by atoms with Gasteiger partial charge >= 0.3 is 0 Å². The molecule has 2 rings (SSSR count). The van der Waals surface area contributed by atoms with Crippen LogP contribution in [0, 0.1) is 5.92 Å². The molecule has 0 aromatic heterocycles. The van der Waals surface area contributed by atoms with Crippen molar-refractivity contribution >= 4 is 5.91 Å². The molecule has 2 aliphatic rings. The summed E-state index contributed by atoms with van der Waals surface area (Å²) in [7, 11) is 0. The van der Waals surface area contributed by atoms with Gasteiger partial charge in [0.1, 0.15) is 0 Å². The van der Waals surface area contributed by atoms with E-state index in [0.29, 0.717) is 30.3 Å². The second-order valence-electron chi connectivity index (χ2n) is 4.86. The van der Waals surface area contributed by atoms with Gasteiger partial charge in [0, 0.05) is 12.5 Å². The summed E-state index contributed by atoms with van der Waals surface area (Å²) in [6.07, 6.45) is 8.59. The summed E-state index contributed by atoms with van der Waals surface area (Å²) >= 11 is 0. The fourth-order valence-electron chi connectivity index (χ4n) is 2.57. The number of amides is 1. The third-order valence-corrected chi connectivity index (χ3v) is 3.18. The first-order chi connectivity index (χ1) is 6.68. The number of nitrogens with zero attached hydrogens (tertiary/aromatic N) is 1. The fraction of sp³-hybridized carbons (Fsp3) is 0.750. The topological polar surface area (TPSA) is 20.3 Å². The Morgan fingerprint density at radius 1 is 1.50 bits per heavy atom. The van der Waals surface area contributed by atoms with Crippen molar-refractivity contribution in [2.75, 3.05) is 0 Å². The zero-order valence-corrected chi connectivity index (χ0v) is 9.07. The van der Waals surface area contributed by atoms with Crippen molar-refractivity contribution in [3.8, 4) is 0 Å². The van der Waals surface area contributed by atoms with E-state index >= 15 is 0 Å². The quantitative estimate of drug-likeness (QED) is 0.616. The lowest BCUT2D eigenvalue weighted by atomic mass is 10.1. The van der Waals surface area contributed by atoms with Crippen molar-refractivity contribution < 1.29 is 4.79 Å². The summed E-state index contributed by atoms with van der Waals surface area (Å²) < 4.78 is 0. The summed E-state index contributed by atoms with van der Waals surface area (Å²) in [5.74, 6) is 0.838. The van der Waals surface area contributed by atoms with Gasteiger partial charge in [-0.25, -0.2) is 0 Å². The molecular formula is C12H19NO. The molecule has 0 aliphatic carbocycles. The Bertz CT molecular complexity index is 257. The van der Waals surface area contributed by atoms with Crippen LogP contribution in [0.3, 0.4) is 0 Å². The minimum Gasteiger partial charge on any atom is -0.333 e. The lowest BCUT2D eigenvalue weighted by Gasteiger charge is -2.32. The molecule has 2 heteroatoms. The van der Waals surface area contributed by atoms with Crippen molar-refractivity contribution in [2.24, 2.45) is 5.92 Å². The number of hydrogen-bond donors (Lipinski definition) is 0. The summed E-state index contributed by atoms with van der Waals surface area (Å²) in [6.45, 7) is 4.22. The van der Waals surface area contributed by atoms with E-state index in [2.05, 4.69) is 30.9 Å². The Kier molecular flexibility index (Phi) is 2.62. The van der Waals surface area contributed by atoms with Crippen LogP contribution < -0.4 is 0 Å². The summed E-state index contributed by atoms with van der Waals surface area (Å²) in [6, 6.07) is 0.927. The number of hydrogen-bond acceptors (Lipinski definition) is 1. The Balaban J connectivity index is 2.04. The van der Waals surface area contributed by atoms with Crippen LogP contribution in [0.15, 0.2) is 12.2 Å². The van der Waals surface area contributed by atoms with Crippen molar-refractivity contribution in [2.45, 2.75) is 51.6 Å². The van der Waals surface area contributed by atoms with Crippen LogP contribution in [0.1, 0.15) is 39.5 Å². The zero-order chi connectivity index (χ0) is 10.1. The molecule has 1 saturated heterocycles. The molecule has 0 aromatic rings. The molecular weight excluding hydrogens is 174 g/mol. The largest absolute Gasteiger partial charge is 0.333 e. The summed E-state index contributed by atoms with van der Waals surface area (Å²) in [5.41, 5.74) is 0. The van der Waals surface area contributed by atoms with Gasteiger partial charge in [-0.1, -0.05) is 26.0 Å². The molecule has 2 unspecified atom stereocenters. The Hall–Kier alpha value is -0.790. The number of carbonyl (C=O) groups is 1. The van der Waals surface area contributed by atoms with Gasteiger partial charge in [-0.15, -0.1) is 0 Å². The molecule has 0 spiro atoms. The van der Waals surface area contributed by atoms with Gasteiger partial charge < -0.3 is 4.90 Å². The van der Waals surface area contributed by atoms with E-state index in [0.717, 1.165) is 6.42 Å². The van der Waals surface area contributed by atoms with Crippen LogP contribution in [0.2, 0.25) is 0 Å². The van der Waals surface area contributed by atoms with Crippen LogP contribution in [-0.4, -0.2) is 22.9 Å². The van der Waals surface area contributed by atoms with Crippen molar-refractivity contribution in [1.82, 2.24) is 4.90 Å². The van der Waals surface area contributed by atoms with E-state index in [1.54, 1.807) is 0 Å². The molecule has 0 radical (unpaired) electrons. The van der Waals surface area contributed by atoms with Gasteiger partial charge in [0.05, 0.1) is 6.04 Å². The highest BCUT2D eigenvalue weighted by Crippen LogP contribution is 2.32. The Morgan fingerprint density at radius 2 is 2.29 bits per heavy atom. The monoisotopic (exact) mass is 193 g/mol. The van der Waals surface area contributed by atoms with E-state index in [9.17, 15) is 4.79 Å². The van der Waals surface area contributed by atoms with E-state index in [4.69, 9.17) is 0 Å². The van der Waals surface area contributed by atoms with Crippen molar-refractivity contribution in [3.63, 3.8) is 0 Å². The minimum atomic E-state index is 0.358. The van der Waals surface area contributed by atoms with E-state index < -0.39 is 0 Å². The van der Waals surface area contributed by atoms with Gasteiger partial charge in [0.15, 0.2) is 0 Å². The third kappa shape index (κ3) is 1.70. The molecule has 2 nitrogen and oxygen atoms in total. The lowest BCUT2D eigenvalue weighted by Crippen LogP contribution is -2.42. The third-order valence-electron chi connectivity index (χ3n) is 3.18. The second-order valence-corrected chi connectivity index (χ2v) is 4.86. The molecule has 0 aromatic carbocycles. The molecule has 0 N–H and O–H groups in total. The fourth-order valence-corrected chi connectivity index (χ4v) is 2.57. The SMILES string of the molecule is CC(C)CC(=O)N1C2C=CCC1CC2. The van der Waals surface area contributed by atoms with Gasteiger partial charge in [-0.2, -0.15) is 0 Å². The van der Waals surface area contributed by atoms with Gasteiger partial charge in [-0.3, -0.25) is 4.79 Å². The lowest BCUT2D eigenvalue weighted by molar-refractivity contribution is -0.134. The highest BCUT2D eigenvalue weighted by molar-refractivity contribution is 5.78. The first kappa shape index (κ1) is 9.75. The maximum absolute atomic E-state index is 12.0. The van der Waals surface area contributed by atoms with Gasteiger partial charge in [0.2, 0.25) is 5.91 Å². The highest BCUT2D eigenvalue weighted by Gasteiger charge is 2.36. The van der Waals surface area contributed by atoms with E-state index in [1.807, 2.05) is 0 Å². The first-order valence-electron chi connectivity index (χ1n) is 5.66. The Labute approximate surface area is 86.0 Å². The minimum absolute atomic E-state index is 0.358. The zero-order valence-electron chi connectivity index (χ0n) is 9.07. The summed E-state index contributed by atoms with van der Waals surface area (Å²) in [5, 5.41) is 0. The van der Waals surface area contributed by atoms with Crippen molar-refractivity contribution in [3.05, 3.63) is 12.2 Å². The first-order valence-corrected chi connectivity index (χ1v) is 5.66. The average molecular weight is 193 g/mol. The normalized spacial score (nSPS) is 30.1. The number of fused-ring (bicyclic) bond motifs is 2. The highest BCUT2D eigenvalue weighted by atomic mass is 16.2. The average Bonchev–Trinajstić information content (AvgIpc) is 2.36. The van der Waals surface area contributed by atoms with Crippen molar-refractivity contribution in [1.29, 1.82) is 0 Å². The number of rotatable bonds is 2. The molecule has 1 amide bonds. The molecule has 14 heavy (non-hydrogen) atoms. The summed E-state index contributed by atoms with van der Waals surface area (Å²) in [4.78, 5) is 14.1. The van der Waals surface area contributed by atoms with Crippen LogP contribution in [0.25, 0.3) is 0 Å². The molecule has 2 bridgehead atoms. The predicted molar refractivity (Wildman–Crippen MR) is 56.9 cm³/mol. The predicted octanol–water partition coefficient (Wildman–Crippen LogP) is 2.35. The molecule has 0 saturated carbocycles. The molecule has 78 valence electrons. The molecule has 1 fully saturated rings. The molecule has 2 atom stereocenters. The van der Waals surface area contributed by atoms with Crippen LogP contribution in [0.5, 0.6) is 0 Å². The van der Waals surface area contributed by atoms with E-state index in [1.165, 1.54) is 12.8 Å². The number of carbonyl (C=O) groups excluding carboxylic acids is 1. The Morgan fingerprint density at radius 3 is 2.93 bits per heavy atom. The second kappa shape index (κ2) is 3.76. The van der Waals surface area contributed by atoms with E-state index in [-0.39, 0.29) is 0 Å². The smallest absolute Gasteiger partial charge is 0.223 e. The van der Waals surface area contributed by atoms with Crippen LogP contribution in [-0.2, 0) is 4.79 Å².